The van der Waals surface area contributed by atoms with Crippen LogP contribution in [0.3, 0.4) is 0 Å². The zero-order valence-corrected chi connectivity index (χ0v) is 15.2. The molecule has 0 aliphatic carbocycles. The van der Waals surface area contributed by atoms with E-state index in [0.29, 0.717) is 29.9 Å². The summed E-state index contributed by atoms with van der Waals surface area (Å²) < 4.78 is 11.8. The number of para-hydroxylation sites is 1. The first-order chi connectivity index (χ1) is 12.8. The zero-order valence-electron chi connectivity index (χ0n) is 15.2. The Balaban J connectivity index is 1.59. The number of piperidine rings is 1. The van der Waals surface area contributed by atoms with Crippen molar-refractivity contribution in [2.75, 3.05) is 19.7 Å². The highest BCUT2D eigenvalue weighted by molar-refractivity contribution is 5.91. The molecule has 0 unspecified atom stereocenters. The van der Waals surface area contributed by atoms with Gasteiger partial charge in [-0.1, -0.05) is 37.3 Å². The van der Waals surface area contributed by atoms with Gasteiger partial charge in [0.15, 0.2) is 11.5 Å². The molecule has 1 saturated heterocycles. The number of likely N-dealkylation sites (tertiary alicyclic amines) is 1. The van der Waals surface area contributed by atoms with Gasteiger partial charge in [0.25, 0.3) is 0 Å². The van der Waals surface area contributed by atoms with E-state index in [2.05, 4.69) is 17.9 Å². The van der Waals surface area contributed by atoms with Crippen LogP contribution in [0.2, 0.25) is 0 Å². The molecule has 0 spiro atoms. The van der Waals surface area contributed by atoms with Crippen molar-refractivity contribution in [3.05, 3.63) is 59.7 Å². The Hall–Kier alpha value is -2.33. The van der Waals surface area contributed by atoms with Gasteiger partial charge < -0.3 is 9.47 Å². The average Bonchev–Trinajstić information content (AvgIpc) is 2.69. The van der Waals surface area contributed by atoms with Crippen molar-refractivity contribution < 1.29 is 14.3 Å². The van der Waals surface area contributed by atoms with Crippen LogP contribution in [0.4, 0.5) is 0 Å². The van der Waals surface area contributed by atoms with Crippen molar-refractivity contribution in [2.24, 2.45) is 0 Å². The lowest BCUT2D eigenvalue weighted by molar-refractivity contribution is 0.0603. The predicted molar refractivity (Wildman–Crippen MR) is 101 cm³/mol. The third-order valence-corrected chi connectivity index (χ3v) is 5.42. The topological polar surface area (TPSA) is 38.8 Å². The molecular weight excluding hydrogens is 326 g/mol. The maximum absolute atomic E-state index is 12.4. The minimum absolute atomic E-state index is 0.346. The van der Waals surface area contributed by atoms with Crippen LogP contribution in [-0.4, -0.2) is 36.6 Å². The molecule has 2 aliphatic heterocycles. The van der Waals surface area contributed by atoms with Gasteiger partial charge in [-0.15, -0.1) is 0 Å². The maximum Gasteiger partial charge on any atom is 0.343 e. The molecule has 4 heteroatoms. The van der Waals surface area contributed by atoms with Crippen molar-refractivity contribution in [3.63, 3.8) is 0 Å². The Morgan fingerprint density at radius 2 is 2.04 bits per heavy atom. The number of benzene rings is 2. The van der Waals surface area contributed by atoms with Gasteiger partial charge in [0, 0.05) is 11.5 Å². The molecule has 4 rings (SSSR count). The second-order valence-electron chi connectivity index (χ2n) is 7.09. The summed E-state index contributed by atoms with van der Waals surface area (Å²) in [7, 11) is 0. The first-order valence-electron chi connectivity index (χ1n) is 9.55. The molecule has 4 nitrogen and oxygen atoms in total. The zero-order chi connectivity index (χ0) is 17.9. The molecule has 0 bridgehead atoms. The van der Waals surface area contributed by atoms with E-state index in [1.807, 2.05) is 30.3 Å². The van der Waals surface area contributed by atoms with E-state index in [0.717, 1.165) is 31.7 Å². The lowest BCUT2D eigenvalue weighted by atomic mass is 9.81. The molecule has 0 aromatic heterocycles. The van der Waals surface area contributed by atoms with E-state index in [1.165, 1.54) is 12.0 Å². The molecule has 2 aromatic carbocycles. The van der Waals surface area contributed by atoms with Crippen LogP contribution in [0.25, 0.3) is 0 Å². The van der Waals surface area contributed by atoms with Crippen molar-refractivity contribution >= 4 is 5.97 Å². The molecule has 2 aromatic rings. The van der Waals surface area contributed by atoms with Crippen molar-refractivity contribution in [2.45, 2.75) is 38.1 Å². The average molecular weight is 351 g/mol. The molecule has 2 atom stereocenters. The van der Waals surface area contributed by atoms with Crippen LogP contribution >= 0.6 is 0 Å². The fourth-order valence-corrected chi connectivity index (χ4v) is 4.24. The number of hydrogen-bond acceptors (Lipinski definition) is 4. The van der Waals surface area contributed by atoms with Crippen LogP contribution in [-0.2, 0) is 0 Å². The molecular formula is C22H25NO3. The van der Waals surface area contributed by atoms with Crippen LogP contribution in [0.1, 0.15) is 48.0 Å². The number of fused-ring (bicyclic) bond motifs is 3. The molecule has 0 amide bonds. The lowest BCUT2D eigenvalue weighted by Gasteiger charge is -2.44. The van der Waals surface area contributed by atoms with E-state index < -0.39 is 0 Å². The summed E-state index contributed by atoms with van der Waals surface area (Å²) in [5.41, 5.74) is 1.73. The molecule has 0 saturated carbocycles. The molecule has 0 N–H and O–H groups in total. The third kappa shape index (κ3) is 3.21. The van der Waals surface area contributed by atoms with Crippen LogP contribution < -0.4 is 9.47 Å². The molecule has 136 valence electrons. The van der Waals surface area contributed by atoms with Crippen molar-refractivity contribution in [1.29, 1.82) is 0 Å². The fraction of sp³-hybridized carbons (Fsp3) is 0.409. The summed E-state index contributed by atoms with van der Waals surface area (Å²) in [6.45, 7) is 5.15. The number of carbonyl (C=O) groups excluding carboxylic acids is 1. The van der Waals surface area contributed by atoms with Gasteiger partial charge in [-0.3, -0.25) is 4.90 Å². The number of rotatable bonds is 4. The summed E-state index contributed by atoms with van der Waals surface area (Å²) in [6, 6.07) is 15.4. The normalized spacial score (nSPS) is 22.0. The van der Waals surface area contributed by atoms with Gasteiger partial charge >= 0.3 is 5.97 Å². The standard InChI is InChI=1S/C22H25NO3/c1-2-13-23-14-7-11-17-18-10-6-12-20(21(18)25-15-19(17)23)26-22(24)16-8-4-3-5-9-16/h3-6,8-10,12,17,19H,2,7,11,13-15H2,1H3/t17-,19-/m1/s1. The van der Waals surface area contributed by atoms with Gasteiger partial charge in [0.2, 0.25) is 0 Å². The SMILES string of the molecule is CCCN1CCC[C@@H]2c3cccc(OC(=O)c4ccccc4)c3OC[C@H]21. The minimum Gasteiger partial charge on any atom is -0.488 e. The van der Waals surface area contributed by atoms with Gasteiger partial charge in [0.05, 0.1) is 11.6 Å². The first-order valence-corrected chi connectivity index (χ1v) is 9.55. The Kier molecular flexibility index (Phi) is 4.93. The largest absolute Gasteiger partial charge is 0.488 e. The number of ether oxygens (including phenoxy) is 2. The first kappa shape index (κ1) is 17.1. The lowest BCUT2D eigenvalue weighted by Crippen LogP contribution is -2.49. The molecule has 1 fully saturated rings. The monoisotopic (exact) mass is 351 g/mol. The second kappa shape index (κ2) is 7.50. The Morgan fingerprint density at radius 1 is 1.19 bits per heavy atom. The van der Waals surface area contributed by atoms with E-state index in [1.54, 1.807) is 12.1 Å². The van der Waals surface area contributed by atoms with Gasteiger partial charge in [-0.05, 0) is 50.6 Å². The van der Waals surface area contributed by atoms with Crippen LogP contribution in [0, 0.1) is 0 Å². The molecule has 0 radical (unpaired) electrons. The predicted octanol–water partition coefficient (Wildman–Crippen LogP) is 4.26. The van der Waals surface area contributed by atoms with Crippen LogP contribution in [0.5, 0.6) is 11.5 Å². The molecule has 2 heterocycles. The van der Waals surface area contributed by atoms with Crippen LogP contribution in [0.15, 0.2) is 48.5 Å². The van der Waals surface area contributed by atoms with Crippen molar-refractivity contribution in [3.8, 4) is 11.5 Å². The smallest absolute Gasteiger partial charge is 0.343 e. The third-order valence-electron chi connectivity index (χ3n) is 5.42. The highest BCUT2D eigenvalue weighted by Gasteiger charge is 2.38. The fourth-order valence-electron chi connectivity index (χ4n) is 4.24. The molecule has 26 heavy (non-hydrogen) atoms. The summed E-state index contributed by atoms with van der Waals surface area (Å²) in [4.78, 5) is 15.0. The number of esters is 1. The molecule has 2 aliphatic rings. The van der Waals surface area contributed by atoms with E-state index in [4.69, 9.17) is 9.47 Å². The van der Waals surface area contributed by atoms with E-state index in [9.17, 15) is 4.79 Å². The highest BCUT2D eigenvalue weighted by atomic mass is 16.6. The quantitative estimate of drug-likeness (QED) is 0.609. The Bertz CT molecular complexity index is 772. The Morgan fingerprint density at radius 3 is 2.85 bits per heavy atom. The maximum atomic E-state index is 12.4. The summed E-state index contributed by atoms with van der Waals surface area (Å²) >= 11 is 0. The summed E-state index contributed by atoms with van der Waals surface area (Å²) in [5.74, 6) is 1.38. The van der Waals surface area contributed by atoms with Crippen molar-refractivity contribution in [1.82, 2.24) is 4.90 Å². The minimum atomic E-state index is -0.346. The van der Waals surface area contributed by atoms with Gasteiger partial charge in [-0.2, -0.15) is 0 Å². The Labute approximate surface area is 154 Å². The van der Waals surface area contributed by atoms with Gasteiger partial charge in [-0.25, -0.2) is 4.79 Å². The van der Waals surface area contributed by atoms with E-state index >= 15 is 0 Å². The van der Waals surface area contributed by atoms with Gasteiger partial charge in [0.1, 0.15) is 6.61 Å². The number of hydrogen-bond donors (Lipinski definition) is 0. The summed E-state index contributed by atoms with van der Waals surface area (Å²) in [5, 5.41) is 0. The number of nitrogens with zero attached hydrogens (tertiary/aromatic N) is 1. The highest BCUT2D eigenvalue weighted by Crippen LogP contribution is 2.45. The van der Waals surface area contributed by atoms with E-state index in [-0.39, 0.29) is 5.97 Å². The summed E-state index contributed by atoms with van der Waals surface area (Å²) in [6.07, 6.45) is 3.52. The number of carbonyl (C=O) groups is 1. The second-order valence-corrected chi connectivity index (χ2v) is 7.09.